The summed E-state index contributed by atoms with van der Waals surface area (Å²) in [7, 11) is 0. The molecule has 5 heteroatoms. The van der Waals surface area contributed by atoms with E-state index in [1.54, 1.807) is 0 Å². The van der Waals surface area contributed by atoms with Gasteiger partial charge in [-0.15, -0.1) is 0 Å². The molecule has 124 valence electrons. The van der Waals surface area contributed by atoms with Crippen molar-refractivity contribution in [2.24, 2.45) is 11.7 Å². The van der Waals surface area contributed by atoms with Crippen LogP contribution in [0.1, 0.15) is 42.5 Å². The number of benzene rings is 1. The Hall–Kier alpha value is -2.04. The Labute approximate surface area is 137 Å². The molecule has 23 heavy (non-hydrogen) atoms. The maximum Gasteiger partial charge on any atom is 0.255 e. The van der Waals surface area contributed by atoms with E-state index in [0.717, 1.165) is 30.8 Å². The number of hydrogen-bond donors (Lipinski definition) is 1. The fraction of sp³-hybridized carbons (Fsp3) is 0.556. The van der Waals surface area contributed by atoms with Gasteiger partial charge in [-0.3, -0.25) is 9.59 Å². The lowest BCUT2D eigenvalue weighted by Crippen LogP contribution is -2.34. The zero-order chi connectivity index (χ0) is 16.2. The number of para-hydroxylation sites is 1. The van der Waals surface area contributed by atoms with Crippen molar-refractivity contribution in [3.63, 3.8) is 0 Å². The van der Waals surface area contributed by atoms with Crippen molar-refractivity contribution in [2.45, 2.75) is 32.1 Å². The Kier molecular flexibility index (Phi) is 4.84. The smallest absolute Gasteiger partial charge is 0.255 e. The lowest BCUT2D eigenvalue weighted by Gasteiger charge is -2.31. The van der Waals surface area contributed by atoms with Crippen LogP contribution in [-0.2, 0) is 4.79 Å². The fourth-order valence-corrected chi connectivity index (χ4v) is 3.70. The van der Waals surface area contributed by atoms with Crippen LogP contribution in [0.5, 0.6) is 0 Å². The van der Waals surface area contributed by atoms with Crippen molar-refractivity contribution < 1.29 is 9.59 Å². The zero-order valence-electron chi connectivity index (χ0n) is 13.5. The predicted molar refractivity (Wildman–Crippen MR) is 90.3 cm³/mol. The van der Waals surface area contributed by atoms with E-state index in [2.05, 4.69) is 11.0 Å². The van der Waals surface area contributed by atoms with E-state index in [0.29, 0.717) is 19.5 Å². The molecule has 1 atom stereocenters. The zero-order valence-corrected chi connectivity index (χ0v) is 13.5. The van der Waals surface area contributed by atoms with E-state index >= 15 is 0 Å². The molecular formula is C18H25N3O2. The van der Waals surface area contributed by atoms with E-state index in [1.807, 2.05) is 23.1 Å². The summed E-state index contributed by atoms with van der Waals surface area (Å²) in [4.78, 5) is 28.2. The van der Waals surface area contributed by atoms with Crippen LogP contribution in [0.2, 0.25) is 0 Å². The Balaban J connectivity index is 1.74. The minimum absolute atomic E-state index is 0.0816. The van der Waals surface area contributed by atoms with E-state index < -0.39 is 0 Å². The summed E-state index contributed by atoms with van der Waals surface area (Å²) in [6, 6.07) is 7.90. The Morgan fingerprint density at radius 3 is 2.57 bits per heavy atom. The number of carbonyl (C=O) groups is 2. The number of primary amides is 1. The number of rotatable bonds is 4. The summed E-state index contributed by atoms with van der Waals surface area (Å²) in [6.45, 7) is 3.39. The van der Waals surface area contributed by atoms with Crippen LogP contribution in [0.4, 0.5) is 5.69 Å². The number of anilines is 1. The summed E-state index contributed by atoms with van der Waals surface area (Å²) in [6.07, 6.45) is 4.88. The highest BCUT2D eigenvalue weighted by Crippen LogP contribution is 2.28. The summed E-state index contributed by atoms with van der Waals surface area (Å²) in [5, 5.41) is 0. The molecule has 2 saturated heterocycles. The minimum Gasteiger partial charge on any atom is -0.371 e. The van der Waals surface area contributed by atoms with Crippen molar-refractivity contribution in [1.82, 2.24) is 4.90 Å². The molecule has 1 unspecified atom stereocenters. The van der Waals surface area contributed by atoms with Gasteiger partial charge in [-0.05, 0) is 43.7 Å². The summed E-state index contributed by atoms with van der Waals surface area (Å²) in [5.74, 6) is 0.00904. The van der Waals surface area contributed by atoms with Crippen molar-refractivity contribution in [1.29, 1.82) is 0 Å². The Morgan fingerprint density at radius 1 is 1.09 bits per heavy atom. The second-order valence-electron chi connectivity index (χ2n) is 6.64. The molecule has 1 aromatic carbocycles. The normalized spacial score (nSPS) is 21.5. The van der Waals surface area contributed by atoms with Gasteiger partial charge in [0.1, 0.15) is 0 Å². The van der Waals surface area contributed by atoms with Gasteiger partial charge in [0.25, 0.3) is 5.91 Å². The monoisotopic (exact) mass is 315 g/mol. The molecule has 2 heterocycles. The number of piperidine rings is 1. The van der Waals surface area contributed by atoms with Gasteiger partial charge in [-0.2, -0.15) is 0 Å². The van der Waals surface area contributed by atoms with Gasteiger partial charge in [-0.1, -0.05) is 12.1 Å². The van der Waals surface area contributed by atoms with Crippen LogP contribution < -0.4 is 10.6 Å². The van der Waals surface area contributed by atoms with Crippen molar-refractivity contribution in [2.75, 3.05) is 31.1 Å². The number of carbonyl (C=O) groups excluding carboxylic acids is 2. The molecule has 0 aliphatic carbocycles. The Bertz CT molecular complexity index is 581. The van der Waals surface area contributed by atoms with Crippen LogP contribution in [0, 0.1) is 5.92 Å². The molecule has 5 nitrogen and oxygen atoms in total. The van der Waals surface area contributed by atoms with Gasteiger partial charge >= 0.3 is 0 Å². The highest BCUT2D eigenvalue weighted by molar-refractivity contribution is 6.00. The second kappa shape index (κ2) is 7.02. The first-order valence-electron chi connectivity index (χ1n) is 8.56. The predicted octanol–water partition coefficient (Wildman–Crippen LogP) is 2.01. The first kappa shape index (κ1) is 15.8. The van der Waals surface area contributed by atoms with E-state index in [-0.39, 0.29) is 17.7 Å². The van der Waals surface area contributed by atoms with E-state index in [9.17, 15) is 9.59 Å². The van der Waals surface area contributed by atoms with Crippen molar-refractivity contribution >= 4 is 17.5 Å². The fourth-order valence-electron chi connectivity index (χ4n) is 3.70. The molecule has 2 N–H and O–H groups in total. The van der Waals surface area contributed by atoms with Crippen LogP contribution in [0.25, 0.3) is 0 Å². The molecule has 0 radical (unpaired) electrons. The quantitative estimate of drug-likeness (QED) is 0.924. The standard InChI is InChI=1S/C18H25N3O2/c19-17(22)12-14-8-11-21(13-14)18(23)15-6-2-3-7-16(15)20-9-4-1-5-10-20/h2-3,6-7,14H,1,4-5,8-13H2,(H2,19,22). The second-order valence-corrected chi connectivity index (χ2v) is 6.64. The lowest BCUT2D eigenvalue weighted by atomic mass is 10.0. The van der Waals surface area contributed by atoms with Gasteiger partial charge in [0.15, 0.2) is 0 Å². The third-order valence-corrected chi connectivity index (χ3v) is 4.89. The summed E-state index contributed by atoms with van der Waals surface area (Å²) >= 11 is 0. The molecular weight excluding hydrogens is 290 g/mol. The number of likely N-dealkylation sites (tertiary alicyclic amines) is 1. The largest absolute Gasteiger partial charge is 0.371 e. The SMILES string of the molecule is NC(=O)CC1CCN(C(=O)c2ccccc2N2CCCCC2)C1. The average molecular weight is 315 g/mol. The maximum atomic E-state index is 12.9. The first-order valence-corrected chi connectivity index (χ1v) is 8.56. The Morgan fingerprint density at radius 2 is 1.83 bits per heavy atom. The highest BCUT2D eigenvalue weighted by Gasteiger charge is 2.29. The van der Waals surface area contributed by atoms with E-state index in [1.165, 1.54) is 19.3 Å². The third-order valence-electron chi connectivity index (χ3n) is 4.89. The molecule has 1 aromatic rings. The van der Waals surface area contributed by atoms with Gasteiger partial charge in [0.2, 0.25) is 5.91 Å². The van der Waals surface area contributed by atoms with Gasteiger partial charge in [0, 0.05) is 38.3 Å². The topological polar surface area (TPSA) is 66.6 Å². The van der Waals surface area contributed by atoms with Gasteiger partial charge < -0.3 is 15.5 Å². The molecule has 0 saturated carbocycles. The minimum atomic E-state index is -0.280. The molecule has 2 aliphatic heterocycles. The van der Waals surface area contributed by atoms with Gasteiger partial charge in [0.05, 0.1) is 5.56 Å². The average Bonchev–Trinajstić information content (AvgIpc) is 3.03. The first-order chi connectivity index (χ1) is 11.1. The van der Waals surface area contributed by atoms with Crippen molar-refractivity contribution in [3.05, 3.63) is 29.8 Å². The molecule has 2 aliphatic rings. The number of nitrogens with two attached hydrogens (primary N) is 1. The molecule has 0 bridgehead atoms. The van der Waals surface area contributed by atoms with Crippen LogP contribution in [-0.4, -0.2) is 42.9 Å². The van der Waals surface area contributed by atoms with Crippen LogP contribution >= 0.6 is 0 Å². The number of hydrogen-bond acceptors (Lipinski definition) is 3. The summed E-state index contributed by atoms with van der Waals surface area (Å²) < 4.78 is 0. The third kappa shape index (κ3) is 3.66. The highest BCUT2D eigenvalue weighted by atomic mass is 16.2. The summed E-state index contributed by atoms with van der Waals surface area (Å²) in [5.41, 5.74) is 7.12. The molecule has 2 amide bonds. The lowest BCUT2D eigenvalue weighted by molar-refractivity contribution is -0.118. The molecule has 0 aromatic heterocycles. The number of amides is 2. The van der Waals surface area contributed by atoms with Crippen molar-refractivity contribution in [3.8, 4) is 0 Å². The van der Waals surface area contributed by atoms with Crippen LogP contribution in [0.3, 0.4) is 0 Å². The number of nitrogens with zero attached hydrogens (tertiary/aromatic N) is 2. The molecule has 3 rings (SSSR count). The molecule has 0 spiro atoms. The van der Waals surface area contributed by atoms with Gasteiger partial charge in [-0.25, -0.2) is 0 Å². The van der Waals surface area contributed by atoms with E-state index in [4.69, 9.17) is 5.73 Å². The molecule has 2 fully saturated rings. The maximum absolute atomic E-state index is 12.9. The van der Waals surface area contributed by atoms with Crippen LogP contribution in [0.15, 0.2) is 24.3 Å².